The summed E-state index contributed by atoms with van der Waals surface area (Å²) in [6.45, 7) is 15.8. The molecule has 0 aliphatic heterocycles. The fourth-order valence-electron chi connectivity index (χ4n) is 4.65. The number of thiophene rings is 1. The molecule has 0 fully saturated rings. The van der Waals surface area contributed by atoms with Crippen LogP contribution in [0.2, 0.25) is 0 Å². The maximum Gasteiger partial charge on any atom is 0.278 e. The number of methoxy groups -OCH3 is 2. The van der Waals surface area contributed by atoms with Crippen LogP contribution < -0.4 is 20.4 Å². The summed E-state index contributed by atoms with van der Waals surface area (Å²) in [5.41, 5.74) is 3.93. The molecule has 3 aromatic heterocycles. The predicted molar refractivity (Wildman–Crippen MR) is 163 cm³/mol. The smallest absolute Gasteiger partial charge is 0.278 e. The van der Waals surface area contributed by atoms with Gasteiger partial charge in [-0.2, -0.15) is 9.61 Å². The van der Waals surface area contributed by atoms with Crippen LogP contribution in [0.4, 0.5) is 5.00 Å². The number of benzene rings is 1. The van der Waals surface area contributed by atoms with E-state index in [0.717, 1.165) is 45.0 Å². The Hall–Kier alpha value is -3.27. The first-order valence-corrected chi connectivity index (χ1v) is 14.4. The summed E-state index contributed by atoms with van der Waals surface area (Å²) in [4.78, 5) is 22.1. The highest BCUT2D eigenvalue weighted by molar-refractivity contribution is 7.16. The molecular weight excluding hydrogens is 524 g/mol. The fraction of sp³-hybridized carbons (Fsp3) is 0.452. The van der Waals surface area contributed by atoms with E-state index in [4.69, 9.17) is 24.3 Å². The van der Waals surface area contributed by atoms with Crippen LogP contribution in [-0.4, -0.2) is 61.7 Å². The second-order valence-electron chi connectivity index (χ2n) is 10.8. The van der Waals surface area contributed by atoms with Crippen LogP contribution in [-0.2, 0) is 14.9 Å². The van der Waals surface area contributed by atoms with E-state index < -0.39 is 0 Å². The van der Waals surface area contributed by atoms with Gasteiger partial charge in [0.15, 0.2) is 5.65 Å². The molecule has 0 amide bonds. The van der Waals surface area contributed by atoms with E-state index in [1.165, 1.54) is 4.52 Å². The van der Waals surface area contributed by atoms with Gasteiger partial charge in [0.25, 0.3) is 5.56 Å². The Morgan fingerprint density at radius 2 is 1.85 bits per heavy atom. The van der Waals surface area contributed by atoms with Gasteiger partial charge < -0.3 is 19.1 Å². The number of ether oxygens (including phenoxy) is 3. The van der Waals surface area contributed by atoms with Gasteiger partial charge in [0, 0.05) is 46.8 Å². The topological polar surface area (TPSA) is 78.2 Å². The van der Waals surface area contributed by atoms with E-state index in [1.807, 2.05) is 25.1 Å². The first kappa shape index (κ1) is 29.7. The molecule has 1 aromatic carbocycles. The average Bonchev–Trinajstić information content (AvgIpc) is 3.53. The summed E-state index contributed by atoms with van der Waals surface area (Å²) >= 11 is 1.70. The zero-order valence-electron chi connectivity index (χ0n) is 24.8. The van der Waals surface area contributed by atoms with E-state index in [9.17, 15) is 4.79 Å². The lowest BCUT2D eigenvalue weighted by Gasteiger charge is -2.20. The van der Waals surface area contributed by atoms with Gasteiger partial charge in [-0.3, -0.25) is 4.79 Å². The van der Waals surface area contributed by atoms with Crippen molar-refractivity contribution in [3.8, 4) is 17.0 Å². The number of aryl methyl sites for hydroxylation is 1. The third-order valence-electron chi connectivity index (χ3n) is 6.83. The Balaban J connectivity index is 1.84. The minimum absolute atomic E-state index is 0.175. The first-order chi connectivity index (χ1) is 19.1. The molecule has 0 unspecified atom stereocenters. The minimum atomic E-state index is -0.295. The van der Waals surface area contributed by atoms with Crippen molar-refractivity contribution in [1.29, 1.82) is 0 Å². The third kappa shape index (κ3) is 6.22. The highest BCUT2D eigenvalue weighted by Gasteiger charge is 2.25. The Kier molecular flexibility index (Phi) is 9.28. The summed E-state index contributed by atoms with van der Waals surface area (Å²) in [6.07, 6.45) is 2.11. The van der Waals surface area contributed by atoms with Crippen molar-refractivity contribution in [1.82, 2.24) is 14.6 Å². The molecule has 8 nitrogen and oxygen atoms in total. The number of hydrogen-bond donors (Lipinski definition) is 0. The van der Waals surface area contributed by atoms with Crippen LogP contribution >= 0.6 is 11.3 Å². The van der Waals surface area contributed by atoms with E-state index in [0.29, 0.717) is 42.5 Å². The van der Waals surface area contributed by atoms with E-state index >= 15 is 0 Å². The average molecular weight is 565 g/mol. The Bertz CT molecular complexity index is 1590. The van der Waals surface area contributed by atoms with Crippen molar-refractivity contribution in [2.45, 2.75) is 47.0 Å². The quantitative estimate of drug-likeness (QED) is 0.243. The monoisotopic (exact) mass is 564 g/mol. The lowest BCUT2D eigenvalue weighted by molar-refractivity contribution is 0.0741. The molecule has 0 radical (unpaired) electrons. The van der Waals surface area contributed by atoms with Crippen LogP contribution in [0.1, 0.15) is 49.4 Å². The van der Waals surface area contributed by atoms with Crippen LogP contribution in [0.15, 0.2) is 35.1 Å². The molecule has 0 N–H and O–H groups in total. The lowest BCUT2D eigenvalue weighted by atomic mass is 9.91. The Morgan fingerprint density at radius 1 is 1.07 bits per heavy atom. The SMILES string of the molecule is CCN(CCOCCOC)c1ccc(/C=c2/c(C(C)(C)C)nn3c(=O)c(C)c(-c4cc(C)ccc4OC)nc23)s1. The molecule has 0 aliphatic rings. The van der Waals surface area contributed by atoms with Crippen LogP contribution in [0.3, 0.4) is 0 Å². The molecular formula is C31H40N4O4S. The molecule has 40 heavy (non-hydrogen) atoms. The van der Waals surface area contributed by atoms with Crippen LogP contribution in [0.25, 0.3) is 23.0 Å². The molecule has 3 heterocycles. The Labute approximate surface area is 240 Å². The highest BCUT2D eigenvalue weighted by Crippen LogP contribution is 2.31. The van der Waals surface area contributed by atoms with Crippen molar-refractivity contribution in [2.24, 2.45) is 0 Å². The van der Waals surface area contributed by atoms with Crippen molar-refractivity contribution in [2.75, 3.05) is 52.0 Å². The summed E-state index contributed by atoms with van der Waals surface area (Å²) < 4.78 is 17.8. The maximum atomic E-state index is 13.6. The standard InChI is InChI=1S/C31H40N4O4S/c1-9-34(14-15-39-17-16-37-7)26-13-11-22(40-26)19-24-28(31(4,5)6)33-35-29(24)32-27(21(3)30(35)36)23-18-20(2)10-12-25(23)38-8/h10-13,18-19H,9,14-17H2,1-8H3/b24-19-. The maximum absolute atomic E-state index is 13.6. The van der Waals surface area contributed by atoms with Crippen molar-refractivity contribution in [3.63, 3.8) is 0 Å². The molecule has 214 valence electrons. The lowest BCUT2D eigenvalue weighted by Crippen LogP contribution is -2.26. The van der Waals surface area contributed by atoms with E-state index in [2.05, 4.69) is 50.8 Å². The van der Waals surface area contributed by atoms with Crippen molar-refractivity contribution >= 4 is 28.1 Å². The summed E-state index contributed by atoms with van der Waals surface area (Å²) in [6, 6.07) is 10.2. The van der Waals surface area contributed by atoms with Gasteiger partial charge in [-0.15, -0.1) is 11.3 Å². The van der Waals surface area contributed by atoms with Gasteiger partial charge in [-0.05, 0) is 51.1 Å². The molecule has 0 bridgehead atoms. The number of likely N-dealkylation sites (N-methyl/N-ethyl adjacent to an activating group) is 1. The Morgan fingerprint density at radius 3 is 2.52 bits per heavy atom. The minimum Gasteiger partial charge on any atom is -0.496 e. The molecule has 9 heteroatoms. The van der Waals surface area contributed by atoms with Crippen molar-refractivity contribution in [3.05, 3.63) is 67.6 Å². The summed E-state index contributed by atoms with van der Waals surface area (Å²) in [5.74, 6) is 0.680. The normalized spacial score (nSPS) is 12.4. The first-order valence-electron chi connectivity index (χ1n) is 13.6. The van der Waals surface area contributed by atoms with E-state index in [1.54, 1.807) is 32.5 Å². The molecule has 0 saturated heterocycles. The van der Waals surface area contributed by atoms with E-state index in [-0.39, 0.29) is 11.0 Å². The molecule has 0 aliphatic carbocycles. The second kappa shape index (κ2) is 12.5. The fourth-order valence-corrected chi connectivity index (χ4v) is 5.69. The number of rotatable bonds is 11. The number of fused-ring (bicyclic) bond motifs is 1. The third-order valence-corrected chi connectivity index (χ3v) is 7.93. The van der Waals surface area contributed by atoms with Gasteiger partial charge in [0.2, 0.25) is 0 Å². The summed E-state index contributed by atoms with van der Waals surface area (Å²) in [7, 11) is 3.31. The zero-order valence-corrected chi connectivity index (χ0v) is 25.6. The van der Waals surface area contributed by atoms with Gasteiger partial charge in [0.05, 0.1) is 43.3 Å². The summed E-state index contributed by atoms with van der Waals surface area (Å²) in [5, 5.41) is 6.83. The second-order valence-corrected chi connectivity index (χ2v) is 11.9. The zero-order chi connectivity index (χ0) is 29.0. The number of hydrogen-bond acceptors (Lipinski definition) is 8. The molecule has 4 rings (SSSR count). The molecule has 4 aromatic rings. The van der Waals surface area contributed by atoms with Crippen LogP contribution in [0, 0.1) is 13.8 Å². The predicted octanol–water partition coefficient (Wildman–Crippen LogP) is 4.78. The number of anilines is 1. The van der Waals surface area contributed by atoms with Gasteiger partial charge >= 0.3 is 0 Å². The largest absolute Gasteiger partial charge is 0.496 e. The molecule has 0 atom stereocenters. The van der Waals surface area contributed by atoms with Gasteiger partial charge in [-0.25, -0.2) is 4.98 Å². The van der Waals surface area contributed by atoms with Crippen LogP contribution in [0.5, 0.6) is 5.75 Å². The number of nitrogens with zero attached hydrogens (tertiary/aromatic N) is 4. The van der Waals surface area contributed by atoms with Crippen molar-refractivity contribution < 1.29 is 14.2 Å². The number of aromatic nitrogens is 3. The molecule has 0 saturated carbocycles. The highest BCUT2D eigenvalue weighted by atomic mass is 32.1. The van der Waals surface area contributed by atoms with Gasteiger partial charge in [-0.1, -0.05) is 32.4 Å². The van der Waals surface area contributed by atoms with Gasteiger partial charge in [0.1, 0.15) is 5.75 Å². The molecule has 0 spiro atoms.